The van der Waals surface area contributed by atoms with E-state index in [1.807, 2.05) is 39.8 Å². The van der Waals surface area contributed by atoms with Gasteiger partial charge in [-0.25, -0.2) is 18.7 Å². The lowest BCUT2D eigenvalue weighted by molar-refractivity contribution is -0.118. The zero-order valence-corrected chi connectivity index (χ0v) is 30.1. The van der Waals surface area contributed by atoms with Crippen LogP contribution in [0.25, 0.3) is 44.1 Å². The van der Waals surface area contributed by atoms with Gasteiger partial charge in [0.25, 0.3) is 11.1 Å². The zero-order valence-electron chi connectivity index (χ0n) is 30.1. The van der Waals surface area contributed by atoms with Gasteiger partial charge in [0, 0.05) is 98.3 Å². The Hall–Kier alpha value is -6.18. The van der Waals surface area contributed by atoms with E-state index in [-0.39, 0.29) is 38.6 Å². The minimum Gasteiger partial charge on any atom is -0.310 e. The van der Waals surface area contributed by atoms with Gasteiger partial charge in [0.2, 0.25) is 11.8 Å². The van der Waals surface area contributed by atoms with Crippen molar-refractivity contribution in [3.8, 4) is 22.3 Å². The third-order valence-corrected chi connectivity index (χ3v) is 9.85. The van der Waals surface area contributed by atoms with E-state index < -0.39 is 24.2 Å². The van der Waals surface area contributed by atoms with Crippen molar-refractivity contribution in [1.29, 1.82) is 0 Å². The van der Waals surface area contributed by atoms with E-state index in [2.05, 4.69) is 30.6 Å². The number of aryl methyl sites for hydroxylation is 4. The molecule has 6 aromatic heterocycles. The summed E-state index contributed by atoms with van der Waals surface area (Å²) in [4.78, 5) is 66.8. The summed E-state index contributed by atoms with van der Waals surface area (Å²) >= 11 is 0. The zero-order chi connectivity index (χ0) is 38.3. The van der Waals surface area contributed by atoms with Crippen LogP contribution in [-0.4, -0.2) is 53.2 Å². The number of fused-ring (bicyclic) bond motifs is 2. The molecule has 0 bridgehead atoms. The molecule has 2 N–H and O–H groups in total. The molecule has 0 radical (unpaired) electrons. The van der Waals surface area contributed by atoms with E-state index >= 15 is 0 Å². The Morgan fingerprint density at radius 2 is 1.07 bits per heavy atom. The highest BCUT2D eigenvalue weighted by molar-refractivity contribution is 5.97. The van der Waals surface area contributed by atoms with Crippen LogP contribution in [0.15, 0.2) is 83.2 Å². The Labute approximate surface area is 311 Å². The number of pyridine rings is 6. The number of hydrogen-bond acceptors (Lipinski definition) is 8. The second kappa shape index (κ2) is 14.7. The third-order valence-electron chi connectivity index (χ3n) is 9.85. The Kier molecular flexibility index (Phi) is 9.84. The van der Waals surface area contributed by atoms with Crippen LogP contribution in [0, 0.1) is 25.7 Å². The maximum Gasteiger partial charge on any atom is 0.258 e. The van der Waals surface area contributed by atoms with Crippen molar-refractivity contribution in [2.24, 2.45) is 11.8 Å². The maximum absolute atomic E-state index is 13.1. The number of nitrogens with one attached hydrogen (secondary N) is 2. The van der Waals surface area contributed by atoms with Crippen LogP contribution in [0.4, 0.5) is 20.4 Å². The smallest absolute Gasteiger partial charge is 0.258 e. The number of alkyl halides is 2. The number of amides is 2. The summed E-state index contributed by atoms with van der Waals surface area (Å²) in [5.41, 5.74) is 5.71. The lowest BCUT2D eigenvalue weighted by atomic mass is 10.0. The lowest BCUT2D eigenvalue weighted by Crippen LogP contribution is -2.22. The van der Waals surface area contributed by atoms with Crippen LogP contribution in [0.1, 0.15) is 40.7 Å². The number of rotatable bonds is 8. The second-order valence-corrected chi connectivity index (χ2v) is 13.5. The summed E-state index contributed by atoms with van der Waals surface area (Å²) in [5, 5.41) is 6.83. The molecule has 54 heavy (non-hydrogen) atoms. The van der Waals surface area contributed by atoms with Gasteiger partial charge in [-0.1, -0.05) is 0 Å². The molecule has 14 heteroatoms. The summed E-state index contributed by atoms with van der Waals surface area (Å²) < 4.78 is 29.4. The maximum atomic E-state index is 13.1. The van der Waals surface area contributed by atoms with E-state index in [1.54, 1.807) is 70.6 Å². The Bertz CT molecular complexity index is 2410. The fourth-order valence-electron chi connectivity index (χ4n) is 6.50. The first-order chi connectivity index (χ1) is 26.0. The van der Waals surface area contributed by atoms with E-state index in [9.17, 15) is 28.0 Å². The molecular formula is C40H42F2N8O4. The molecule has 0 saturated heterocycles. The van der Waals surface area contributed by atoms with Gasteiger partial charge in [-0.2, -0.15) is 0 Å². The molecule has 2 saturated carbocycles. The highest BCUT2D eigenvalue weighted by Crippen LogP contribution is 2.36. The topological polar surface area (TPSA) is 154 Å². The summed E-state index contributed by atoms with van der Waals surface area (Å²) in [6.07, 6.45) is 8.37. The van der Waals surface area contributed by atoms with E-state index in [4.69, 9.17) is 0 Å². The fraction of sp³-hybridized carbons (Fsp3) is 0.300. The van der Waals surface area contributed by atoms with Gasteiger partial charge < -0.3 is 19.8 Å². The van der Waals surface area contributed by atoms with Crippen molar-refractivity contribution in [2.75, 3.05) is 10.6 Å². The second-order valence-electron chi connectivity index (χ2n) is 13.5. The molecule has 2 aliphatic rings. The lowest BCUT2D eigenvalue weighted by Gasteiger charge is -2.13. The van der Waals surface area contributed by atoms with Crippen molar-refractivity contribution in [2.45, 2.75) is 66.0 Å². The van der Waals surface area contributed by atoms with Crippen LogP contribution < -0.4 is 21.8 Å². The van der Waals surface area contributed by atoms with Crippen LogP contribution in [0.3, 0.4) is 0 Å². The summed E-state index contributed by atoms with van der Waals surface area (Å²) in [5.74, 6) is -1.29. The largest absolute Gasteiger partial charge is 0.310 e. The van der Waals surface area contributed by atoms with Crippen LogP contribution >= 0.6 is 0 Å². The highest BCUT2D eigenvalue weighted by Gasteiger charge is 2.44. The van der Waals surface area contributed by atoms with E-state index in [0.717, 1.165) is 33.0 Å². The molecular weight excluding hydrogens is 694 g/mol. The molecule has 0 unspecified atom stereocenters. The fourth-order valence-corrected chi connectivity index (χ4v) is 6.50. The predicted molar refractivity (Wildman–Crippen MR) is 207 cm³/mol. The number of aromatic nitrogens is 6. The first kappa shape index (κ1) is 36.2. The minimum atomic E-state index is -1.07. The monoisotopic (exact) mass is 736 g/mol. The van der Waals surface area contributed by atoms with Crippen molar-refractivity contribution < 1.29 is 21.2 Å². The molecule has 280 valence electrons. The molecule has 2 aliphatic carbocycles. The van der Waals surface area contributed by atoms with Gasteiger partial charge >= 0.3 is 0 Å². The number of carbonyl (C=O) groups is 2. The molecule has 12 nitrogen and oxygen atoms in total. The number of hydrogen-bond donors (Lipinski definition) is 2. The SMILES string of the molecule is CCn1c(=O)c(-c2cnccc2C)cc2cnc(NC(=O)[C@H]3C[C@@H]3F)cc21.CCn1c(=O)c(-c2cnccc2C)cc2cnc(NC(=O)[C@H]3C[C@H]3F)cc21.[HH].[HH]. The first-order valence-electron chi connectivity index (χ1n) is 17.8. The average molecular weight is 737 g/mol. The molecule has 0 aliphatic heterocycles. The van der Waals surface area contributed by atoms with Crippen LogP contribution in [0.5, 0.6) is 0 Å². The predicted octanol–water partition coefficient (Wildman–Crippen LogP) is 6.66. The molecule has 6 heterocycles. The Balaban J connectivity index is 0.000000207. The summed E-state index contributed by atoms with van der Waals surface area (Å²) in [6.45, 7) is 8.58. The Morgan fingerprint density at radius 3 is 1.41 bits per heavy atom. The molecule has 2 amide bonds. The first-order valence-corrected chi connectivity index (χ1v) is 17.8. The van der Waals surface area contributed by atoms with Gasteiger partial charge in [-0.15, -0.1) is 0 Å². The number of anilines is 2. The molecule has 4 atom stereocenters. The van der Waals surface area contributed by atoms with E-state index in [0.29, 0.717) is 46.9 Å². The van der Waals surface area contributed by atoms with Crippen molar-refractivity contribution >= 4 is 45.3 Å². The molecule has 6 aromatic rings. The molecule has 2 fully saturated rings. The van der Waals surface area contributed by atoms with Crippen LogP contribution in [-0.2, 0) is 22.7 Å². The van der Waals surface area contributed by atoms with Gasteiger partial charge in [0.05, 0.1) is 22.9 Å². The highest BCUT2D eigenvalue weighted by atomic mass is 19.1. The third kappa shape index (κ3) is 7.10. The van der Waals surface area contributed by atoms with Crippen molar-refractivity contribution in [3.63, 3.8) is 0 Å². The normalized spacial score (nSPS) is 18.5. The Morgan fingerprint density at radius 1 is 0.685 bits per heavy atom. The van der Waals surface area contributed by atoms with Gasteiger partial charge in [-0.05, 0) is 75.9 Å². The standard InChI is InChI=1S/2C20H19FN4O2.2H2/c2*1-3-25-17-8-18(24-19(26)14-7-16(14)21)23-9-12(17)6-13(20(25)27)15-10-22-5-4-11(15)2;;/h2*4-6,8-10,14,16H,3,7H2,1-2H3,(H,23,24,26);2*1H/t14-,16+;14-,16-;;/m00../s1. The summed E-state index contributed by atoms with van der Waals surface area (Å²) in [7, 11) is 0. The van der Waals surface area contributed by atoms with Crippen molar-refractivity contribution in [1.82, 2.24) is 29.1 Å². The number of halogens is 2. The number of carbonyl (C=O) groups excluding carboxylic acids is 2. The van der Waals surface area contributed by atoms with Crippen LogP contribution in [0.2, 0.25) is 0 Å². The van der Waals surface area contributed by atoms with Gasteiger partial charge in [-0.3, -0.25) is 29.1 Å². The van der Waals surface area contributed by atoms with E-state index in [1.165, 1.54) is 0 Å². The molecule has 8 rings (SSSR count). The average Bonchev–Trinajstić information content (AvgIpc) is 4.09. The molecule has 0 spiro atoms. The van der Waals surface area contributed by atoms with Gasteiger partial charge in [0.15, 0.2) is 0 Å². The number of nitrogens with zero attached hydrogens (tertiary/aromatic N) is 6. The summed E-state index contributed by atoms with van der Waals surface area (Å²) in [6, 6.07) is 10.6. The quantitative estimate of drug-likeness (QED) is 0.176. The van der Waals surface area contributed by atoms with Crippen molar-refractivity contribution in [3.05, 3.63) is 105 Å². The van der Waals surface area contributed by atoms with Gasteiger partial charge in [0.1, 0.15) is 24.0 Å². The minimum absolute atomic E-state index is 0. The molecule has 0 aromatic carbocycles.